The van der Waals surface area contributed by atoms with Crippen molar-refractivity contribution >= 4 is 11.7 Å². The number of ether oxygens (including phenoxy) is 2. The lowest BCUT2D eigenvalue weighted by molar-refractivity contribution is -0.146. The van der Waals surface area contributed by atoms with Crippen LogP contribution in [-0.4, -0.2) is 26.2 Å². The average Bonchev–Trinajstić information content (AvgIpc) is 3.33. The molecule has 3 rings (SSSR count). The lowest BCUT2D eigenvalue weighted by Crippen LogP contribution is -2.29. The second-order valence-electron chi connectivity index (χ2n) is 5.23. The second kappa shape index (κ2) is 5.72. The van der Waals surface area contributed by atoms with Crippen LogP contribution in [0.25, 0.3) is 0 Å². The summed E-state index contributed by atoms with van der Waals surface area (Å²) in [6.07, 6.45) is 0. The molecule has 114 valence electrons. The molecule has 4 nitrogen and oxygen atoms in total. The first-order valence-electron chi connectivity index (χ1n) is 7.37. The molecule has 1 aliphatic rings. The molecule has 0 saturated carbocycles. The Morgan fingerprint density at radius 1 is 1.14 bits per heavy atom. The number of hydrogen-bond donors (Lipinski definition) is 0. The second-order valence-corrected chi connectivity index (χ2v) is 5.23. The molecular formula is C18H19NO3. The van der Waals surface area contributed by atoms with Gasteiger partial charge in [0.2, 0.25) is 0 Å². The van der Waals surface area contributed by atoms with E-state index >= 15 is 0 Å². The van der Waals surface area contributed by atoms with Crippen molar-refractivity contribution in [1.82, 2.24) is 0 Å². The molecule has 0 N–H and O–H groups in total. The highest BCUT2D eigenvalue weighted by atomic mass is 16.5. The van der Waals surface area contributed by atoms with Gasteiger partial charge in [-0.2, -0.15) is 0 Å². The molecule has 0 amide bonds. The van der Waals surface area contributed by atoms with Gasteiger partial charge in [0, 0.05) is 5.69 Å². The molecule has 1 unspecified atom stereocenters. The lowest BCUT2D eigenvalue weighted by atomic mass is 9.99. The predicted octanol–water partition coefficient (Wildman–Crippen LogP) is 2.97. The third-order valence-corrected chi connectivity index (χ3v) is 3.99. The maximum absolute atomic E-state index is 12.5. The fourth-order valence-corrected chi connectivity index (χ4v) is 2.77. The fourth-order valence-electron chi connectivity index (χ4n) is 2.77. The molecule has 22 heavy (non-hydrogen) atoms. The van der Waals surface area contributed by atoms with E-state index < -0.39 is 5.54 Å². The van der Waals surface area contributed by atoms with Crippen molar-refractivity contribution in [2.24, 2.45) is 0 Å². The summed E-state index contributed by atoms with van der Waals surface area (Å²) in [7, 11) is 1.64. The third-order valence-electron chi connectivity index (χ3n) is 3.99. The van der Waals surface area contributed by atoms with Crippen LogP contribution in [0.4, 0.5) is 5.69 Å². The summed E-state index contributed by atoms with van der Waals surface area (Å²) in [5, 5.41) is 0. The Bertz CT molecular complexity index is 654. The van der Waals surface area contributed by atoms with Crippen molar-refractivity contribution in [3.05, 3.63) is 60.2 Å². The molecule has 0 aliphatic carbocycles. The number of methoxy groups -OCH3 is 1. The van der Waals surface area contributed by atoms with E-state index in [1.807, 2.05) is 61.5 Å². The zero-order valence-electron chi connectivity index (χ0n) is 12.8. The normalized spacial score (nSPS) is 19.6. The molecule has 2 aromatic rings. The monoisotopic (exact) mass is 297 g/mol. The Labute approximate surface area is 130 Å². The Kier molecular flexibility index (Phi) is 3.75. The van der Waals surface area contributed by atoms with Crippen LogP contribution < -0.4 is 9.64 Å². The molecule has 1 heterocycles. The summed E-state index contributed by atoms with van der Waals surface area (Å²) in [6.45, 7) is 2.84. The highest BCUT2D eigenvalue weighted by Gasteiger charge is 2.61. The van der Waals surface area contributed by atoms with Gasteiger partial charge in [-0.3, -0.25) is 0 Å². The van der Waals surface area contributed by atoms with Gasteiger partial charge < -0.3 is 14.4 Å². The molecular weight excluding hydrogens is 278 g/mol. The van der Waals surface area contributed by atoms with E-state index in [0.717, 1.165) is 17.0 Å². The van der Waals surface area contributed by atoms with Gasteiger partial charge >= 0.3 is 5.97 Å². The number of esters is 1. The topological polar surface area (TPSA) is 38.5 Å². The van der Waals surface area contributed by atoms with E-state index in [1.54, 1.807) is 7.11 Å². The van der Waals surface area contributed by atoms with Crippen LogP contribution in [0.15, 0.2) is 54.6 Å². The number of anilines is 1. The highest BCUT2D eigenvalue weighted by molar-refractivity contribution is 5.93. The minimum Gasteiger partial charge on any atom is -0.497 e. The van der Waals surface area contributed by atoms with Crippen LogP contribution in [0.2, 0.25) is 0 Å². The van der Waals surface area contributed by atoms with Crippen molar-refractivity contribution in [2.45, 2.75) is 12.5 Å². The molecule has 0 aromatic heterocycles. The largest absolute Gasteiger partial charge is 0.497 e. The van der Waals surface area contributed by atoms with Crippen LogP contribution in [0, 0.1) is 0 Å². The number of nitrogens with zero attached hydrogens (tertiary/aromatic N) is 1. The maximum atomic E-state index is 12.5. The number of carbonyl (C=O) groups excluding carboxylic acids is 1. The van der Waals surface area contributed by atoms with Gasteiger partial charge in [0.1, 0.15) is 5.75 Å². The maximum Gasteiger partial charge on any atom is 0.338 e. The average molecular weight is 297 g/mol. The van der Waals surface area contributed by atoms with Gasteiger partial charge in [-0.1, -0.05) is 30.3 Å². The molecule has 1 saturated heterocycles. The van der Waals surface area contributed by atoms with E-state index in [9.17, 15) is 4.79 Å². The van der Waals surface area contributed by atoms with Gasteiger partial charge in [-0.15, -0.1) is 0 Å². The van der Waals surface area contributed by atoms with Gasteiger partial charge in [0.05, 0.1) is 20.3 Å². The number of benzene rings is 2. The van der Waals surface area contributed by atoms with E-state index in [0.29, 0.717) is 13.2 Å². The van der Waals surface area contributed by atoms with E-state index in [4.69, 9.17) is 9.47 Å². The Morgan fingerprint density at radius 3 is 2.41 bits per heavy atom. The van der Waals surface area contributed by atoms with Crippen molar-refractivity contribution in [3.8, 4) is 5.75 Å². The first-order chi connectivity index (χ1) is 10.7. The van der Waals surface area contributed by atoms with Gasteiger partial charge in [-0.25, -0.2) is 4.79 Å². The summed E-state index contributed by atoms with van der Waals surface area (Å²) < 4.78 is 10.5. The van der Waals surface area contributed by atoms with E-state index in [2.05, 4.69) is 4.90 Å². The Hall–Kier alpha value is -2.49. The van der Waals surface area contributed by atoms with Crippen molar-refractivity contribution < 1.29 is 14.3 Å². The lowest BCUT2D eigenvalue weighted by Gasteiger charge is -2.18. The molecule has 2 aromatic carbocycles. The SMILES string of the molecule is CCOC(=O)C1(c2ccccc2)CN1c1ccc(OC)cc1. The van der Waals surface area contributed by atoms with Gasteiger partial charge in [0.25, 0.3) is 0 Å². The molecule has 0 bridgehead atoms. The molecule has 4 heteroatoms. The molecule has 0 spiro atoms. The molecule has 0 radical (unpaired) electrons. The zero-order chi connectivity index (χ0) is 15.6. The first-order valence-corrected chi connectivity index (χ1v) is 7.37. The smallest absolute Gasteiger partial charge is 0.338 e. The minimum absolute atomic E-state index is 0.197. The van der Waals surface area contributed by atoms with E-state index in [1.165, 1.54) is 0 Å². The summed E-state index contributed by atoms with van der Waals surface area (Å²) >= 11 is 0. The number of carbonyl (C=O) groups is 1. The highest BCUT2D eigenvalue weighted by Crippen LogP contribution is 2.47. The minimum atomic E-state index is -0.703. The summed E-state index contributed by atoms with van der Waals surface area (Å²) in [6, 6.07) is 17.5. The third kappa shape index (κ3) is 2.30. The zero-order valence-corrected chi connectivity index (χ0v) is 12.8. The Morgan fingerprint density at radius 2 is 1.82 bits per heavy atom. The molecule has 1 fully saturated rings. The van der Waals surface area contributed by atoms with Crippen LogP contribution in [0.5, 0.6) is 5.75 Å². The van der Waals surface area contributed by atoms with Crippen LogP contribution in [0.3, 0.4) is 0 Å². The van der Waals surface area contributed by atoms with Crippen molar-refractivity contribution in [2.75, 3.05) is 25.2 Å². The standard InChI is InChI=1S/C18H19NO3/c1-3-22-17(20)18(14-7-5-4-6-8-14)13-19(18)15-9-11-16(21-2)12-10-15/h4-12H,3,13H2,1-2H3. The van der Waals surface area contributed by atoms with Crippen LogP contribution in [-0.2, 0) is 15.1 Å². The van der Waals surface area contributed by atoms with Gasteiger partial charge in [0.15, 0.2) is 5.54 Å². The first kappa shape index (κ1) is 14.4. The van der Waals surface area contributed by atoms with E-state index in [-0.39, 0.29) is 5.97 Å². The summed E-state index contributed by atoms with van der Waals surface area (Å²) in [5.74, 6) is 0.601. The van der Waals surface area contributed by atoms with Crippen molar-refractivity contribution in [3.63, 3.8) is 0 Å². The predicted molar refractivity (Wildman–Crippen MR) is 85.1 cm³/mol. The molecule has 1 atom stereocenters. The fraction of sp³-hybridized carbons (Fsp3) is 0.278. The van der Waals surface area contributed by atoms with Crippen LogP contribution in [0.1, 0.15) is 12.5 Å². The Balaban J connectivity index is 1.94. The summed E-state index contributed by atoms with van der Waals surface area (Å²) in [5.41, 5.74) is 1.24. The van der Waals surface area contributed by atoms with Gasteiger partial charge in [-0.05, 0) is 36.8 Å². The van der Waals surface area contributed by atoms with Crippen molar-refractivity contribution in [1.29, 1.82) is 0 Å². The number of hydrogen-bond acceptors (Lipinski definition) is 4. The molecule has 1 aliphatic heterocycles. The number of rotatable bonds is 5. The van der Waals surface area contributed by atoms with Crippen LogP contribution >= 0.6 is 0 Å². The summed E-state index contributed by atoms with van der Waals surface area (Å²) in [4.78, 5) is 14.6. The quantitative estimate of drug-likeness (QED) is 0.628.